The van der Waals surface area contributed by atoms with Crippen LogP contribution in [0.25, 0.3) is 5.57 Å². The average molecular weight is 457 g/mol. The highest BCUT2D eigenvalue weighted by molar-refractivity contribution is 6.46. The SMILES string of the molecule is CCOc1ccc(NC2=C(c3ccc([N+](=O)[O-])cc3)C(=O)N(c3ccc(CC)cc3)C2=O)cc1. The second kappa shape index (κ2) is 9.58. The van der Waals surface area contributed by atoms with Gasteiger partial charge in [0.25, 0.3) is 17.5 Å². The first-order valence-electron chi connectivity index (χ1n) is 10.9. The summed E-state index contributed by atoms with van der Waals surface area (Å²) in [5.74, 6) is -0.322. The molecular formula is C26H23N3O5. The summed E-state index contributed by atoms with van der Waals surface area (Å²) in [6.07, 6.45) is 0.832. The molecule has 0 aromatic heterocycles. The van der Waals surface area contributed by atoms with Crippen LogP contribution in [0, 0.1) is 10.1 Å². The van der Waals surface area contributed by atoms with Gasteiger partial charge in [0.1, 0.15) is 11.4 Å². The van der Waals surface area contributed by atoms with Crippen molar-refractivity contribution < 1.29 is 19.2 Å². The first-order chi connectivity index (χ1) is 16.4. The summed E-state index contributed by atoms with van der Waals surface area (Å²) in [6.45, 7) is 4.44. The van der Waals surface area contributed by atoms with Crippen LogP contribution in [0.1, 0.15) is 25.0 Å². The minimum Gasteiger partial charge on any atom is -0.494 e. The molecule has 1 aliphatic rings. The van der Waals surface area contributed by atoms with Crippen molar-refractivity contribution >= 4 is 34.4 Å². The van der Waals surface area contributed by atoms with Gasteiger partial charge < -0.3 is 10.1 Å². The molecule has 4 rings (SSSR count). The molecule has 0 spiro atoms. The molecule has 0 saturated carbocycles. The van der Waals surface area contributed by atoms with E-state index < -0.39 is 16.7 Å². The van der Waals surface area contributed by atoms with Gasteiger partial charge in [-0.25, -0.2) is 4.90 Å². The molecule has 0 aliphatic carbocycles. The fourth-order valence-electron chi connectivity index (χ4n) is 3.72. The molecule has 0 saturated heterocycles. The second-order valence-electron chi connectivity index (χ2n) is 7.60. The summed E-state index contributed by atoms with van der Waals surface area (Å²) >= 11 is 0. The van der Waals surface area contributed by atoms with Gasteiger partial charge in [-0.1, -0.05) is 19.1 Å². The number of nitrogens with zero attached hydrogens (tertiary/aromatic N) is 2. The van der Waals surface area contributed by atoms with Crippen molar-refractivity contribution in [1.29, 1.82) is 0 Å². The van der Waals surface area contributed by atoms with Crippen LogP contribution in [-0.2, 0) is 16.0 Å². The number of nitro groups is 1. The highest BCUT2D eigenvalue weighted by Gasteiger charge is 2.40. The van der Waals surface area contributed by atoms with E-state index in [4.69, 9.17) is 4.74 Å². The van der Waals surface area contributed by atoms with Crippen molar-refractivity contribution in [3.05, 3.63) is 99.7 Å². The highest BCUT2D eigenvalue weighted by atomic mass is 16.6. The number of rotatable bonds is 8. The Hall–Kier alpha value is -4.46. The second-order valence-corrected chi connectivity index (χ2v) is 7.60. The Morgan fingerprint density at radius 3 is 2.09 bits per heavy atom. The molecule has 0 radical (unpaired) electrons. The predicted octanol–water partition coefficient (Wildman–Crippen LogP) is 4.95. The number of benzene rings is 3. The Kier molecular flexibility index (Phi) is 6.40. The Bertz CT molecular complexity index is 1260. The Morgan fingerprint density at radius 2 is 1.53 bits per heavy atom. The molecule has 8 heteroatoms. The van der Waals surface area contributed by atoms with E-state index in [-0.39, 0.29) is 17.0 Å². The van der Waals surface area contributed by atoms with Gasteiger partial charge in [0.2, 0.25) is 0 Å². The van der Waals surface area contributed by atoms with Crippen molar-refractivity contribution in [2.75, 3.05) is 16.8 Å². The zero-order valence-electron chi connectivity index (χ0n) is 18.8. The van der Waals surface area contributed by atoms with E-state index >= 15 is 0 Å². The van der Waals surface area contributed by atoms with E-state index in [0.717, 1.165) is 16.9 Å². The number of nitrogens with one attached hydrogen (secondary N) is 1. The van der Waals surface area contributed by atoms with E-state index in [1.54, 1.807) is 36.4 Å². The van der Waals surface area contributed by atoms with Gasteiger partial charge in [0, 0.05) is 17.8 Å². The topological polar surface area (TPSA) is 102 Å². The molecule has 34 heavy (non-hydrogen) atoms. The third kappa shape index (κ3) is 4.38. The molecule has 1 aliphatic heterocycles. The van der Waals surface area contributed by atoms with Gasteiger partial charge in [-0.15, -0.1) is 0 Å². The number of ether oxygens (including phenoxy) is 1. The van der Waals surface area contributed by atoms with Crippen LogP contribution in [-0.4, -0.2) is 23.3 Å². The summed E-state index contributed by atoms with van der Waals surface area (Å²) in [4.78, 5) is 38.6. The molecule has 2 amide bonds. The van der Waals surface area contributed by atoms with Crippen molar-refractivity contribution in [2.45, 2.75) is 20.3 Å². The Balaban J connectivity index is 1.75. The van der Waals surface area contributed by atoms with Gasteiger partial charge in [-0.2, -0.15) is 0 Å². The minimum atomic E-state index is -0.513. The zero-order chi connectivity index (χ0) is 24.2. The molecule has 172 valence electrons. The maximum atomic E-state index is 13.5. The summed E-state index contributed by atoms with van der Waals surface area (Å²) in [5.41, 5.74) is 2.69. The number of nitro benzene ring substituents is 1. The lowest BCUT2D eigenvalue weighted by Crippen LogP contribution is -2.32. The van der Waals surface area contributed by atoms with Crippen molar-refractivity contribution in [1.82, 2.24) is 0 Å². The van der Waals surface area contributed by atoms with Crippen LogP contribution in [0.5, 0.6) is 5.75 Å². The maximum absolute atomic E-state index is 13.5. The quantitative estimate of drug-likeness (QED) is 0.292. The van der Waals surface area contributed by atoms with E-state index in [0.29, 0.717) is 29.3 Å². The smallest absolute Gasteiger partial charge is 0.282 e. The summed E-state index contributed by atoms with van der Waals surface area (Å²) in [7, 11) is 0. The number of amides is 2. The normalized spacial score (nSPS) is 13.4. The lowest BCUT2D eigenvalue weighted by molar-refractivity contribution is -0.384. The lowest BCUT2D eigenvalue weighted by atomic mass is 10.0. The molecule has 0 bridgehead atoms. The van der Waals surface area contributed by atoms with Gasteiger partial charge >= 0.3 is 0 Å². The molecular weight excluding hydrogens is 434 g/mol. The molecule has 0 atom stereocenters. The summed E-state index contributed by atoms with van der Waals surface area (Å²) < 4.78 is 5.46. The van der Waals surface area contributed by atoms with Crippen LogP contribution in [0.15, 0.2) is 78.5 Å². The number of aryl methyl sites for hydroxylation is 1. The fourth-order valence-corrected chi connectivity index (χ4v) is 3.72. The predicted molar refractivity (Wildman–Crippen MR) is 130 cm³/mol. The van der Waals surface area contributed by atoms with Gasteiger partial charge in [-0.3, -0.25) is 19.7 Å². The molecule has 0 unspecified atom stereocenters. The van der Waals surface area contributed by atoms with E-state index in [9.17, 15) is 19.7 Å². The monoisotopic (exact) mass is 457 g/mol. The summed E-state index contributed by atoms with van der Waals surface area (Å²) in [5, 5.41) is 14.1. The molecule has 3 aromatic rings. The van der Waals surface area contributed by atoms with Crippen molar-refractivity contribution in [2.24, 2.45) is 0 Å². The van der Waals surface area contributed by atoms with Crippen LogP contribution in [0.2, 0.25) is 0 Å². The minimum absolute atomic E-state index is 0.0996. The van der Waals surface area contributed by atoms with Crippen LogP contribution in [0.3, 0.4) is 0 Å². The number of carbonyl (C=O) groups excluding carboxylic acids is 2. The number of hydrogen-bond donors (Lipinski definition) is 1. The van der Waals surface area contributed by atoms with E-state index in [1.165, 1.54) is 24.3 Å². The Labute approximate surface area is 196 Å². The van der Waals surface area contributed by atoms with Crippen molar-refractivity contribution in [3.63, 3.8) is 0 Å². The number of imide groups is 1. The molecule has 0 fully saturated rings. The highest BCUT2D eigenvalue weighted by Crippen LogP contribution is 2.34. The van der Waals surface area contributed by atoms with Gasteiger partial charge in [0.05, 0.1) is 22.8 Å². The van der Waals surface area contributed by atoms with Gasteiger partial charge in [-0.05, 0) is 73.0 Å². The number of hydrogen-bond acceptors (Lipinski definition) is 6. The largest absolute Gasteiger partial charge is 0.494 e. The molecule has 1 heterocycles. The molecule has 8 nitrogen and oxygen atoms in total. The van der Waals surface area contributed by atoms with Crippen LogP contribution < -0.4 is 15.0 Å². The first-order valence-corrected chi connectivity index (χ1v) is 10.9. The van der Waals surface area contributed by atoms with Gasteiger partial charge in [0.15, 0.2) is 0 Å². The van der Waals surface area contributed by atoms with Crippen molar-refractivity contribution in [3.8, 4) is 5.75 Å². The van der Waals surface area contributed by atoms with Crippen LogP contribution in [0.4, 0.5) is 17.1 Å². The third-order valence-corrected chi connectivity index (χ3v) is 5.49. The number of non-ortho nitro benzene ring substituents is 1. The zero-order valence-corrected chi connectivity index (χ0v) is 18.8. The maximum Gasteiger partial charge on any atom is 0.282 e. The van der Waals surface area contributed by atoms with E-state index in [1.807, 2.05) is 26.0 Å². The Morgan fingerprint density at radius 1 is 0.882 bits per heavy atom. The van der Waals surface area contributed by atoms with Crippen LogP contribution >= 0.6 is 0 Å². The number of carbonyl (C=O) groups is 2. The third-order valence-electron chi connectivity index (χ3n) is 5.49. The molecule has 1 N–H and O–H groups in total. The lowest BCUT2D eigenvalue weighted by Gasteiger charge is -2.16. The standard InChI is InChI=1S/C26H23N3O5/c1-3-17-5-11-20(12-6-17)28-25(30)23(18-7-13-21(14-8-18)29(32)33)24(26(28)31)27-19-9-15-22(16-10-19)34-4-2/h5-16,27H,3-4H2,1-2H3. The summed E-state index contributed by atoms with van der Waals surface area (Å²) in [6, 6.07) is 19.8. The average Bonchev–Trinajstić information content (AvgIpc) is 3.09. The number of anilines is 2. The fraction of sp³-hybridized carbons (Fsp3) is 0.154. The first kappa shape index (κ1) is 22.7. The molecule has 3 aromatic carbocycles. The van der Waals surface area contributed by atoms with E-state index in [2.05, 4.69) is 5.32 Å².